The van der Waals surface area contributed by atoms with Crippen LogP contribution in [0, 0.1) is 23.3 Å². The van der Waals surface area contributed by atoms with E-state index in [0.717, 1.165) is 0 Å². The average molecular weight is 294 g/mol. The third kappa shape index (κ3) is 3.84. The zero-order chi connectivity index (χ0) is 15.3. The molecule has 0 heterocycles. The molecule has 0 atom stereocenters. The molecule has 0 aliphatic heterocycles. The lowest BCUT2D eigenvalue weighted by atomic mass is 10.2. The van der Waals surface area contributed by atoms with E-state index in [-0.39, 0.29) is 12.7 Å². The SMILES string of the molecule is CCOC(=O)CNC(=O)Nc1c(F)c(F)cc(F)c1F. The number of anilines is 1. The summed E-state index contributed by atoms with van der Waals surface area (Å²) in [5.74, 6) is -7.62. The molecule has 0 aliphatic carbocycles. The maximum absolute atomic E-state index is 13.2. The van der Waals surface area contributed by atoms with Gasteiger partial charge in [-0.05, 0) is 6.92 Å². The van der Waals surface area contributed by atoms with E-state index in [0.29, 0.717) is 0 Å². The first kappa shape index (κ1) is 15.7. The van der Waals surface area contributed by atoms with Crippen LogP contribution in [0.4, 0.5) is 28.0 Å². The molecule has 0 aromatic heterocycles. The van der Waals surface area contributed by atoms with Crippen molar-refractivity contribution in [2.24, 2.45) is 0 Å². The molecular weight excluding hydrogens is 284 g/mol. The zero-order valence-electron chi connectivity index (χ0n) is 10.2. The highest BCUT2D eigenvalue weighted by Gasteiger charge is 2.21. The average Bonchev–Trinajstić information content (AvgIpc) is 2.39. The van der Waals surface area contributed by atoms with Crippen molar-refractivity contribution in [3.05, 3.63) is 29.3 Å². The van der Waals surface area contributed by atoms with Crippen LogP contribution in [0.3, 0.4) is 0 Å². The number of hydrogen-bond donors (Lipinski definition) is 2. The Labute approximate surface area is 110 Å². The molecule has 0 saturated carbocycles. The molecule has 20 heavy (non-hydrogen) atoms. The van der Waals surface area contributed by atoms with Crippen molar-refractivity contribution < 1.29 is 31.9 Å². The lowest BCUT2D eigenvalue weighted by Gasteiger charge is -2.09. The van der Waals surface area contributed by atoms with Crippen molar-refractivity contribution in [1.82, 2.24) is 5.32 Å². The molecule has 0 saturated heterocycles. The standard InChI is InChI=1S/C11H10F4N2O3/c1-2-20-7(18)4-16-11(19)17-10-8(14)5(12)3-6(13)9(10)15/h3H,2,4H2,1H3,(H2,16,17,19). The summed E-state index contributed by atoms with van der Waals surface area (Å²) in [6.45, 7) is 1.06. The highest BCUT2D eigenvalue weighted by molar-refractivity contribution is 5.91. The number of carbonyl (C=O) groups is 2. The first-order valence-electron chi connectivity index (χ1n) is 5.40. The van der Waals surface area contributed by atoms with Crippen molar-refractivity contribution in [1.29, 1.82) is 0 Å². The summed E-state index contributed by atoms with van der Waals surface area (Å²) in [4.78, 5) is 22.1. The Balaban J connectivity index is 2.74. The number of ether oxygens (including phenoxy) is 1. The lowest BCUT2D eigenvalue weighted by molar-refractivity contribution is -0.141. The number of amides is 2. The third-order valence-electron chi connectivity index (χ3n) is 2.05. The van der Waals surface area contributed by atoms with Gasteiger partial charge in [-0.3, -0.25) is 4.79 Å². The van der Waals surface area contributed by atoms with Gasteiger partial charge in [0.2, 0.25) is 0 Å². The van der Waals surface area contributed by atoms with E-state index in [1.54, 1.807) is 5.32 Å². The number of hydrogen-bond acceptors (Lipinski definition) is 3. The van der Waals surface area contributed by atoms with Crippen molar-refractivity contribution in [3.8, 4) is 0 Å². The van der Waals surface area contributed by atoms with Crippen LogP contribution in [0.25, 0.3) is 0 Å². The predicted octanol–water partition coefficient (Wildman–Crippen LogP) is 1.93. The monoisotopic (exact) mass is 294 g/mol. The van der Waals surface area contributed by atoms with Crippen molar-refractivity contribution in [3.63, 3.8) is 0 Å². The van der Waals surface area contributed by atoms with E-state index in [1.165, 1.54) is 6.92 Å². The van der Waals surface area contributed by atoms with E-state index >= 15 is 0 Å². The Hall–Kier alpha value is -2.32. The molecule has 0 unspecified atom stereocenters. The van der Waals surface area contributed by atoms with Gasteiger partial charge in [-0.15, -0.1) is 0 Å². The summed E-state index contributed by atoms with van der Waals surface area (Å²) in [5, 5.41) is 3.48. The van der Waals surface area contributed by atoms with Crippen LogP contribution in [-0.4, -0.2) is 25.2 Å². The van der Waals surface area contributed by atoms with Gasteiger partial charge in [0.15, 0.2) is 23.3 Å². The minimum atomic E-state index is -1.75. The van der Waals surface area contributed by atoms with Crippen LogP contribution >= 0.6 is 0 Å². The van der Waals surface area contributed by atoms with Gasteiger partial charge in [0.25, 0.3) is 0 Å². The van der Waals surface area contributed by atoms with Crippen LogP contribution in [-0.2, 0) is 9.53 Å². The van der Waals surface area contributed by atoms with Crippen molar-refractivity contribution in [2.75, 3.05) is 18.5 Å². The van der Waals surface area contributed by atoms with E-state index in [1.807, 2.05) is 5.32 Å². The summed E-state index contributed by atoms with van der Waals surface area (Å²) < 4.78 is 56.6. The summed E-state index contributed by atoms with van der Waals surface area (Å²) in [5.41, 5.74) is -1.29. The van der Waals surface area contributed by atoms with Crippen molar-refractivity contribution in [2.45, 2.75) is 6.92 Å². The number of rotatable bonds is 4. The molecule has 0 aliphatic rings. The molecule has 5 nitrogen and oxygen atoms in total. The predicted molar refractivity (Wildman–Crippen MR) is 59.9 cm³/mol. The van der Waals surface area contributed by atoms with Crippen LogP contribution in [0.15, 0.2) is 6.07 Å². The number of halogens is 4. The summed E-state index contributed by atoms with van der Waals surface area (Å²) in [7, 11) is 0. The lowest BCUT2D eigenvalue weighted by Crippen LogP contribution is -2.34. The van der Waals surface area contributed by atoms with Crippen LogP contribution in [0.1, 0.15) is 6.92 Å². The quantitative estimate of drug-likeness (QED) is 0.506. The fourth-order valence-electron chi connectivity index (χ4n) is 1.21. The fourth-order valence-corrected chi connectivity index (χ4v) is 1.21. The van der Waals surface area contributed by atoms with Gasteiger partial charge in [-0.25, -0.2) is 22.4 Å². The highest BCUT2D eigenvalue weighted by atomic mass is 19.2. The van der Waals surface area contributed by atoms with Gasteiger partial charge < -0.3 is 15.4 Å². The van der Waals surface area contributed by atoms with Crippen molar-refractivity contribution >= 4 is 17.7 Å². The molecule has 1 aromatic carbocycles. The fraction of sp³-hybridized carbons (Fsp3) is 0.273. The van der Waals surface area contributed by atoms with E-state index in [4.69, 9.17) is 0 Å². The Morgan fingerprint density at radius 2 is 1.70 bits per heavy atom. The van der Waals surface area contributed by atoms with Gasteiger partial charge in [-0.2, -0.15) is 0 Å². The molecular formula is C11H10F4N2O3. The maximum atomic E-state index is 13.2. The van der Waals surface area contributed by atoms with Gasteiger partial charge in [0, 0.05) is 6.07 Å². The van der Waals surface area contributed by atoms with Crippen LogP contribution in [0.5, 0.6) is 0 Å². The molecule has 0 fully saturated rings. The van der Waals surface area contributed by atoms with E-state index in [9.17, 15) is 27.2 Å². The largest absolute Gasteiger partial charge is 0.465 e. The normalized spacial score (nSPS) is 10.1. The second-order valence-electron chi connectivity index (χ2n) is 3.46. The minimum Gasteiger partial charge on any atom is -0.465 e. The zero-order valence-corrected chi connectivity index (χ0v) is 10.2. The molecule has 0 radical (unpaired) electrons. The number of benzene rings is 1. The highest BCUT2D eigenvalue weighted by Crippen LogP contribution is 2.23. The Kier molecular flexibility index (Phi) is 5.30. The molecule has 1 aromatic rings. The number of nitrogens with one attached hydrogen (secondary N) is 2. The number of urea groups is 1. The summed E-state index contributed by atoms with van der Waals surface area (Å²) in [6.07, 6.45) is 0. The molecule has 110 valence electrons. The van der Waals surface area contributed by atoms with Gasteiger partial charge >= 0.3 is 12.0 Å². The number of esters is 1. The van der Waals surface area contributed by atoms with Gasteiger partial charge in [0.05, 0.1) is 6.61 Å². The molecule has 1 rings (SSSR count). The first-order chi connectivity index (χ1) is 9.36. The van der Waals surface area contributed by atoms with E-state index in [2.05, 4.69) is 4.74 Å². The summed E-state index contributed by atoms with van der Waals surface area (Å²) in [6, 6.07) is -1.22. The number of carbonyl (C=O) groups excluding carboxylic acids is 2. The first-order valence-corrected chi connectivity index (χ1v) is 5.40. The topological polar surface area (TPSA) is 67.4 Å². The smallest absolute Gasteiger partial charge is 0.325 e. The Morgan fingerprint density at radius 3 is 2.20 bits per heavy atom. The molecule has 0 spiro atoms. The molecule has 2 amide bonds. The summed E-state index contributed by atoms with van der Waals surface area (Å²) >= 11 is 0. The molecule has 2 N–H and O–H groups in total. The van der Waals surface area contributed by atoms with Crippen LogP contribution < -0.4 is 10.6 Å². The Bertz CT molecular complexity index is 511. The maximum Gasteiger partial charge on any atom is 0.325 e. The second-order valence-corrected chi connectivity index (χ2v) is 3.46. The van der Waals surface area contributed by atoms with E-state index < -0.39 is 47.5 Å². The minimum absolute atomic E-state index is 0.00632. The molecule has 9 heteroatoms. The van der Waals surface area contributed by atoms with Crippen LogP contribution in [0.2, 0.25) is 0 Å². The third-order valence-corrected chi connectivity index (χ3v) is 2.05. The molecule has 0 bridgehead atoms. The van der Waals surface area contributed by atoms with Gasteiger partial charge in [-0.1, -0.05) is 0 Å². The van der Waals surface area contributed by atoms with Gasteiger partial charge in [0.1, 0.15) is 12.2 Å². The second kappa shape index (κ2) is 6.73. The Morgan fingerprint density at radius 1 is 1.15 bits per heavy atom.